The number of hydrogen-bond acceptors (Lipinski definition) is 2. The maximum absolute atomic E-state index is 12.3. The van der Waals surface area contributed by atoms with E-state index in [0.29, 0.717) is 15.8 Å². The van der Waals surface area contributed by atoms with Gasteiger partial charge in [-0.25, -0.2) is 0 Å². The molecule has 2 aliphatic rings. The number of aryl methyl sites for hydroxylation is 1. The van der Waals surface area contributed by atoms with E-state index in [1.54, 1.807) is 11.6 Å². The molecule has 1 saturated heterocycles. The lowest BCUT2D eigenvalue weighted by atomic mass is 9.57. The van der Waals surface area contributed by atoms with Crippen LogP contribution < -0.4 is 10.9 Å². The first-order chi connectivity index (χ1) is 10.1. The Morgan fingerprint density at radius 1 is 1.33 bits per heavy atom. The lowest BCUT2D eigenvalue weighted by molar-refractivity contribution is 0.00103. The van der Waals surface area contributed by atoms with Crippen molar-refractivity contribution in [3.8, 4) is 0 Å². The van der Waals surface area contributed by atoms with Crippen molar-refractivity contribution < 1.29 is 0 Å². The molecule has 1 spiro atoms. The van der Waals surface area contributed by atoms with Gasteiger partial charge in [0.25, 0.3) is 5.56 Å². The van der Waals surface area contributed by atoms with E-state index in [9.17, 15) is 4.79 Å². The highest BCUT2D eigenvalue weighted by Crippen LogP contribution is 2.49. The third-order valence-electron chi connectivity index (χ3n) is 5.24. The molecular formula is C17H19ClN2O. The fourth-order valence-electron chi connectivity index (χ4n) is 4.04. The molecule has 4 rings (SSSR count). The zero-order valence-electron chi connectivity index (χ0n) is 12.2. The van der Waals surface area contributed by atoms with Crippen LogP contribution in [-0.2, 0) is 13.5 Å². The van der Waals surface area contributed by atoms with Crippen LogP contribution in [0.4, 0.5) is 0 Å². The second kappa shape index (κ2) is 4.59. The average molecular weight is 303 g/mol. The highest BCUT2D eigenvalue weighted by molar-refractivity contribution is 6.35. The summed E-state index contributed by atoms with van der Waals surface area (Å²) in [5.74, 6) is 0.750. The molecule has 2 heterocycles. The molecule has 0 radical (unpaired) electrons. The number of nitrogens with one attached hydrogen (secondary N) is 1. The highest BCUT2D eigenvalue weighted by atomic mass is 35.5. The van der Waals surface area contributed by atoms with Crippen molar-refractivity contribution in [2.24, 2.45) is 18.4 Å². The van der Waals surface area contributed by atoms with Crippen LogP contribution in [0.5, 0.6) is 0 Å². The smallest absolute Gasteiger partial charge is 0.259 e. The van der Waals surface area contributed by atoms with Gasteiger partial charge in [-0.15, -0.1) is 0 Å². The summed E-state index contributed by atoms with van der Waals surface area (Å²) in [5.41, 5.74) is 1.86. The Kier molecular flexibility index (Phi) is 2.92. The van der Waals surface area contributed by atoms with Crippen LogP contribution in [0.25, 0.3) is 10.8 Å². The number of aromatic nitrogens is 1. The Labute approximate surface area is 128 Å². The predicted molar refractivity (Wildman–Crippen MR) is 85.9 cm³/mol. The molecular weight excluding hydrogens is 284 g/mol. The summed E-state index contributed by atoms with van der Waals surface area (Å²) in [5, 5.41) is 5.63. The molecule has 0 unspecified atom stereocenters. The van der Waals surface area contributed by atoms with Gasteiger partial charge in [0.1, 0.15) is 0 Å². The molecule has 4 heteroatoms. The number of benzene rings is 1. The summed E-state index contributed by atoms with van der Waals surface area (Å²) in [7, 11) is 1.77. The Morgan fingerprint density at radius 2 is 2.10 bits per heavy atom. The van der Waals surface area contributed by atoms with E-state index in [1.807, 2.05) is 18.3 Å². The Morgan fingerprint density at radius 3 is 2.76 bits per heavy atom. The van der Waals surface area contributed by atoms with Crippen molar-refractivity contribution in [3.63, 3.8) is 0 Å². The molecule has 1 aliphatic heterocycles. The number of fused-ring (bicyclic) bond motifs is 1. The van der Waals surface area contributed by atoms with Gasteiger partial charge in [-0.1, -0.05) is 17.7 Å². The first-order valence-corrected chi connectivity index (χ1v) is 7.93. The van der Waals surface area contributed by atoms with E-state index < -0.39 is 0 Å². The van der Waals surface area contributed by atoms with Crippen LogP contribution in [0, 0.1) is 11.3 Å². The average Bonchev–Trinajstić information content (AvgIpc) is 2.37. The molecule has 2 aromatic rings. The van der Waals surface area contributed by atoms with Crippen LogP contribution in [-0.4, -0.2) is 17.7 Å². The van der Waals surface area contributed by atoms with E-state index in [2.05, 4.69) is 11.4 Å². The molecule has 1 aromatic heterocycles. The van der Waals surface area contributed by atoms with Crippen molar-refractivity contribution in [2.75, 3.05) is 13.1 Å². The molecule has 0 amide bonds. The minimum atomic E-state index is -0.00683. The monoisotopic (exact) mass is 302 g/mol. The van der Waals surface area contributed by atoms with Gasteiger partial charge in [0, 0.05) is 26.3 Å². The van der Waals surface area contributed by atoms with Gasteiger partial charge in [-0.2, -0.15) is 0 Å². The molecule has 1 aromatic carbocycles. The first kappa shape index (κ1) is 13.4. The predicted octanol–water partition coefficient (Wildman–Crippen LogP) is 2.73. The largest absolute Gasteiger partial charge is 0.318 e. The third-order valence-corrected chi connectivity index (χ3v) is 5.55. The van der Waals surface area contributed by atoms with Crippen molar-refractivity contribution in [3.05, 3.63) is 45.3 Å². The molecule has 0 bridgehead atoms. The van der Waals surface area contributed by atoms with E-state index in [1.165, 1.54) is 31.5 Å². The summed E-state index contributed by atoms with van der Waals surface area (Å²) < 4.78 is 1.59. The Balaban J connectivity index is 1.68. The van der Waals surface area contributed by atoms with Crippen molar-refractivity contribution in [1.82, 2.24) is 9.88 Å². The molecule has 0 atom stereocenters. The molecule has 1 aliphatic carbocycles. The summed E-state index contributed by atoms with van der Waals surface area (Å²) >= 11 is 6.25. The SMILES string of the molecule is Cn1ccc2c(CC3CC4(CNC4)C3)ccc(Cl)c2c1=O. The van der Waals surface area contributed by atoms with Crippen LogP contribution in [0.15, 0.2) is 29.2 Å². The molecule has 1 N–H and O–H groups in total. The fraction of sp³-hybridized carbons (Fsp3) is 0.471. The van der Waals surface area contributed by atoms with Gasteiger partial charge in [-0.05, 0) is 53.7 Å². The fourth-order valence-corrected chi connectivity index (χ4v) is 4.29. The zero-order valence-corrected chi connectivity index (χ0v) is 12.9. The standard InChI is InChI=1S/C17H19ClN2O/c1-20-5-4-13-12(2-3-14(18)15(13)16(20)21)6-11-7-17(8-11)9-19-10-17/h2-5,11,19H,6-10H2,1H3. The van der Waals surface area contributed by atoms with E-state index in [0.717, 1.165) is 17.7 Å². The molecule has 110 valence electrons. The summed E-state index contributed by atoms with van der Waals surface area (Å²) in [6.45, 7) is 2.37. The molecule has 3 nitrogen and oxygen atoms in total. The lowest BCUT2D eigenvalue weighted by Crippen LogP contribution is -2.60. The zero-order chi connectivity index (χ0) is 14.6. The summed E-state index contributed by atoms with van der Waals surface area (Å²) in [6.07, 6.45) is 5.52. The van der Waals surface area contributed by atoms with Gasteiger partial charge in [0.05, 0.1) is 10.4 Å². The van der Waals surface area contributed by atoms with Crippen LogP contribution in [0.2, 0.25) is 5.02 Å². The number of hydrogen-bond donors (Lipinski definition) is 1. The minimum absolute atomic E-state index is 0.00683. The van der Waals surface area contributed by atoms with Crippen LogP contribution >= 0.6 is 11.6 Å². The van der Waals surface area contributed by atoms with E-state index >= 15 is 0 Å². The van der Waals surface area contributed by atoms with Crippen molar-refractivity contribution >= 4 is 22.4 Å². The Bertz CT molecular complexity index is 768. The summed E-state index contributed by atoms with van der Waals surface area (Å²) in [4.78, 5) is 12.3. The van der Waals surface area contributed by atoms with Crippen LogP contribution in [0.1, 0.15) is 18.4 Å². The number of rotatable bonds is 2. The normalized spacial score (nSPS) is 20.5. The second-order valence-electron chi connectivity index (χ2n) is 6.81. The quantitative estimate of drug-likeness (QED) is 0.925. The van der Waals surface area contributed by atoms with E-state index in [4.69, 9.17) is 11.6 Å². The van der Waals surface area contributed by atoms with Crippen LogP contribution in [0.3, 0.4) is 0 Å². The van der Waals surface area contributed by atoms with E-state index in [-0.39, 0.29) is 5.56 Å². The molecule has 21 heavy (non-hydrogen) atoms. The second-order valence-corrected chi connectivity index (χ2v) is 7.22. The first-order valence-electron chi connectivity index (χ1n) is 7.55. The van der Waals surface area contributed by atoms with Gasteiger partial charge in [0.2, 0.25) is 0 Å². The third kappa shape index (κ3) is 2.02. The Hall–Kier alpha value is -1.32. The van der Waals surface area contributed by atoms with Crippen molar-refractivity contribution in [2.45, 2.75) is 19.3 Å². The van der Waals surface area contributed by atoms with Gasteiger partial charge < -0.3 is 9.88 Å². The number of halogens is 1. The molecule has 2 fully saturated rings. The topological polar surface area (TPSA) is 34.0 Å². The number of nitrogens with zero attached hydrogens (tertiary/aromatic N) is 1. The summed E-state index contributed by atoms with van der Waals surface area (Å²) in [6, 6.07) is 5.99. The number of pyridine rings is 1. The van der Waals surface area contributed by atoms with Crippen molar-refractivity contribution in [1.29, 1.82) is 0 Å². The maximum atomic E-state index is 12.3. The van der Waals surface area contributed by atoms with Gasteiger partial charge in [0.15, 0.2) is 0 Å². The molecule has 1 saturated carbocycles. The lowest BCUT2D eigenvalue weighted by Gasteiger charge is -2.54. The van der Waals surface area contributed by atoms with Gasteiger partial charge >= 0.3 is 0 Å². The highest BCUT2D eigenvalue weighted by Gasteiger charge is 2.47. The minimum Gasteiger partial charge on any atom is -0.318 e. The van der Waals surface area contributed by atoms with Gasteiger partial charge in [-0.3, -0.25) is 4.79 Å². The maximum Gasteiger partial charge on any atom is 0.259 e.